The zero-order valence-corrected chi connectivity index (χ0v) is 23.3. The second-order valence-corrected chi connectivity index (χ2v) is 12.8. The van der Waals surface area contributed by atoms with Crippen LogP contribution in [0.2, 0.25) is 0 Å². The highest BCUT2D eigenvalue weighted by Gasteiger charge is 2.44. The number of carbonyl (C=O) groups excluding carboxylic acids is 2. The maximum absolute atomic E-state index is 12.9. The first-order valence-electron chi connectivity index (χ1n) is 13.1. The van der Waals surface area contributed by atoms with Crippen LogP contribution in [0, 0.1) is 35.5 Å². The van der Waals surface area contributed by atoms with Crippen molar-refractivity contribution in [2.75, 3.05) is 19.5 Å². The highest BCUT2D eigenvalue weighted by atomic mass is 32.2. The molecule has 0 spiro atoms. The number of hydroxylamine groups is 1. The van der Waals surface area contributed by atoms with Crippen molar-refractivity contribution in [1.82, 2.24) is 10.0 Å². The molecule has 1 aliphatic carbocycles. The number of fused-ring (bicyclic) bond motifs is 1. The number of aryl methyl sites for hydroxylation is 1. The van der Waals surface area contributed by atoms with Gasteiger partial charge in [-0.2, -0.15) is 0 Å². The van der Waals surface area contributed by atoms with Gasteiger partial charge in [-0.05, 0) is 68.7 Å². The van der Waals surface area contributed by atoms with Crippen molar-refractivity contribution in [2.45, 2.75) is 63.5 Å². The number of carbonyl (C=O) groups is 2. The molecule has 1 saturated carbocycles. The zero-order chi connectivity index (χ0) is 28.0. The summed E-state index contributed by atoms with van der Waals surface area (Å²) in [6.07, 6.45) is 5.84. The predicted octanol–water partition coefficient (Wildman–Crippen LogP) is 2.96. The van der Waals surface area contributed by atoms with Gasteiger partial charge in [0.1, 0.15) is 0 Å². The van der Waals surface area contributed by atoms with Crippen LogP contribution in [0.15, 0.2) is 30.5 Å². The van der Waals surface area contributed by atoms with E-state index in [2.05, 4.69) is 29.2 Å². The molecule has 1 aromatic heterocycles. The molecule has 2 aromatic rings. The summed E-state index contributed by atoms with van der Waals surface area (Å²) in [5, 5.41) is 0.946. The van der Waals surface area contributed by atoms with Crippen LogP contribution in [0.1, 0.15) is 51.5 Å². The van der Waals surface area contributed by atoms with E-state index in [4.69, 9.17) is 14.3 Å². The SMILES string of the molecule is CC(=O)OC[C@H]1C[C@@H]1C#CC#Cc1ccc2c(ccn2CC[C@](C)(C(=O)NOC2CCCCO2)S(C)(=O)=O)c1. The average molecular weight is 555 g/mol. The molecule has 0 radical (unpaired) electrons. The van der Waals surface area contributed by atoms with Gasteiger partial charge >= 0.3 is 5.97 Å². The molecule has 1 N–H and O–H groups in total. The monoisotopic (exact) mass is 554 g/mol. The molecule has 1 unspecified atom stereocenters. The highest BCUT2D eigenvalue weighted by Crippen LogP contribution is 2.37. The van der Waals surface area contributed by atoms with Crippen molar-refractivity contribution in [3.63, 3.8) is 0 Å². The zero-order valence-electron chi connectivity index (χ0n) is 22.5. The number of aromatic nitrogens is 1. The summed E-state index contributed by atoms with van der Waals surface area (Å²) in [6.45, 7) is 4.09. The molecule has 4 rings (SSSR count). The number of nitrogens with one attached hydrogen (secondary N) is 1. The Kier molecular flexibility index (Phi) is 9.01. The topological polar surface area (TPSA) is 113 Å². The molecule has 39 heavy (non-hydrogen) atoms. The van der Waals surface area contributed by atoms with Crippen LogP contribution in [0.5, 0.6) is 0 Å². The second-order valence-electron chi connectivity index (χ2n) is 10.3. The number of esters is 1. The first-order chi connectivity index (χ1) is 18.6. The van der Waals surface area contributed by atoms with Crippen LogP contribution in [0.25, 0.3) is 10.9 Å². The summed E-state index contributed by atoms with van der Waals surface area (Å²) in [4.78, 5) is 29.2. The minimum Gasteiger partial charge on any atom is -0.466 e. The van der Waals surface area contributed by atoms with Crippen LogP contribution in [0.4, 0.5) is 0 Å². The Hall–Kier alpha value is -3.31. The van der Waals surface area contributed by atoms with Gasteiger partial charge in [0, 0.05) is 67.3 Å². The summed E-state index contributed by atoms with van der Waals surface area (Å²) < 4.78 is 36.0. The van der Waals surface area contributed by atoms with E-state index in [1.165, 1.54) is 13.8 Å². The van der Waals surface area contributed by atoms with Gasteiger partial charge in [0.2, 0.25) is 0 Å². The molecule has 10 heteroatoms. The van der Waals surface area contributed by atoms with Crippen molar-refractivity contribution < 1.29 is 32.3 Å². The number of rotatable bonds is 9. The van der Waals surface area contributed by atoms with Gasteiger partial charge in [-0.25, -0.2) is 18.7 Å². The van der Waals surface area contributed by atoms with Crippen molar-refractivity contribution in [2.24, 2.45) is 11.8 Å². The number of sulfone groups is 1. The number of ether oxygens (including phenoxy) is 2. The van der Waals surface area contributed by atoms with Crippen LogP contribution < -0.4 is 5.48 Å². The first-order valence-corrected chi connectivity index (χ1v) is 15.0. The lowest BCUT2D eigenvalue weighted by Crippen LogP contribution is -2.51. The molecule has 0 bridgehead atoms. The Labute approximate surface area is 229 Å². The normalized spacial score (nSPS) is 22.0. The van der Waals surface area contributed by atoms with E-state index in [-0.39, 0.29) is 18.3 Å². The molecule has 1 aromatic carbocycles. The molecule has 1 saturated heterocycles. The first kappa shape index (κ1) is 28.7. The van der Waals surface area contributed by atoms with E-state index in [0.717, 1.165) is 42.0 Å². The van der Waals surface area contributed by atoms with Gasteiger partial charge in [0.25, 0.3) is 5.91 Å². The van der Waals surface area contributed by atoms with Gasteiger partial charge in [0.15, 0.2) is 20.9 Å². The number of nitrogens with zero attached hydrogens (tertiary/aromatic N) is 1. The van der Waals surface area contributed by atoms with E-state index in [9.17, 15) is 18.0 Å². The third-order valence-corrected chi connectivity index (χ3v) is 9.30. The molecule has 208 valence electrons. The second kappa shape index (κ2) is 12.3. The predicted molar refractivity (Wildman–Crippen MR) is 146 cm³/mol. The Balaban J connectivity index is 1.37. The molecular formula is C29H34N2O7S. The number of benzene rings is 1. The van der Waals surface area contributed by atoms with E-state index in [1.54, 1.807) is 0 Å². The van der Waals surface area contributed by atoms with Gasteiger partial charge in [-0.3, -0.25) is 9.59 Å². The molecule has 2 heterocycles. The third kappa shape index (κ3) is 7.42. The van der Waals surface area contributed by atoms with Gasteiger partial charge in [-0.15, -0.1) is 0 Å². The Bertz CT molecular complexity index is 1450. The van der Waals surface area contributed by atoms with Gasteiger partial charge in [0.05, 0.1) is 6.61 Å². The molecule has 4 atom stereocenters. The Morgan fingerprint density at radius 2 is 2.05 bits per heavy atom. The van der Waals surface area contributed by atoms with E-state index in [0.29, 0.717) is 32.1 Å². The van der Waals surface area contributed by atoms with Crippen LogP contribution in [-0.4, -0.2) is 55.4 Å². The van der Waals surface area contributed by atoms with E-state index < -0.39 is 26.8 Å². The lowest BCUT2D eigenvalue weighted by molar-refractivity contribution is -0.201. The lowest BCUT2D eigenvalue weighted by atomic mass is 10.1. The summed E-state index contributed by atoms with van der Waals surface area (Å²) in [7, 11) is -3.75. The summed E-state index contributed by atoms with van der Waals surface area (Å²) >= 11 is 0. The van der Waals surface area contributed by atoms with E-state index in [1.807, 2.05) is 35.0 Å². The fourth-order valence-electron chi connectivity index (χ4n) is 4.37. The maximum Gasteiger partial charge on any atom is 0.302 e. The van der Waals surface area contributed by atoms with Gasteiger partial charge < -0.3 is 14.0 Å². The Morgan fingerprint density at radius 1 is 1.23 bits per heavy atom. The smallest absolute Gasteiger partial charge is 0.302 e. The average Bonchev–Trinajstić information content (AvgIpc) is 3.54. The van der Waals surface area contributed by atoms with Crippen molar-refractivity contribution in [3.05, 3.63) is 36.0 Å². The summed E-state index contributed by atoms with van der Waals surface area (Å²) in [5.74, 6) is 11.5. The Morgan fingerprint density at radius 3 is 2.77 bits per heavy atom. The number of hydrogen-bond acceptors (Lipinski definition) is 7. The minimum absolute atomic E-state index is 0.0626. The molecule has 9 nitrogen and oxygen atoms in total. The minimum atomic E-state index is -3.75. The highest BCUT2D eigenvalue weighted by molar-refractivity contribution is 7.92. The fourth-order valence-corrected chi connectivity index (χ4v) is 5.21. The molecule has 2 aliphatic rings. The lowest BCUT2D eigenvalue weighted by Gasteiger charge is -2.28. The molecular weight excluding hydrogens is 520 g/mol. The van der Waals surface area contributed by atoms with Crippen molar-refractivity contribution in [1.29, 1.82) is 0 Å². The van der Waals surface area contributed by atoms with Crippen LogP contribution >= 0.6 is 0 Å². The van der Waals surface area contributed by atoms with Crippen molar-refractivity contribution in [3.8, 4) is 23.7 Å². The molecule has 1 aliphatic heterocycles. The van der Waals surface area contributed by atoms with Crippen LogP contribution in [0.3, 0.4) is 0 Å². The molecule has 2 fully saturated rings. The quantitative estimate of drug-likeness (QED) is 0.288. The summed E-state index contributed by atoms with van der Waals surface area (Å²) in [6, 6.07) is 7.68. The summed E-state index contributed by atoms with van der Waals surface area (Å²) in [5.41, 5.74) is 4.04. The van der Waals surface area contributed by atoms with E-state index >= 15 is 0 Å². The number of hydrogen-bond donors (Lipinski definition) is 1. The standard InChI is InChI=1S/C29H34N2O7S/c1-21(32)37-20-25-19-23(25)9-5-4-8-22-11-12-26-24(18-22)13-15-31(26)16-14-29(2,39(3,34)35)28(33)30-38-27-10-6-7-17-36-27/h11-13,15,18,23,25,27H,6-7,10,14,16-17,19-20H2,1-3H3,(H,30,33)/t23-,25+,27?,29+/m0/s1. The maximum atomic E-state index is 12.9. The van der Waals surface area contributed by atoms with Crippen molar-refractivity contribution >= 4 is 32.6 Å². The largest absolute Gasteiger partial charge is 0.466 e. The van der Waals surface area contributed by atoms with Crippen LogP contribution in [-0.2, 0) is 40.3 Å². The third-order valence-electron chi connectivity index (χ3n) is 7.27. The molecule has 1 amide bonds. The number of amides is 1. The van der Waals surface area contributed by atoms with Gasteiger partial charge in [-0.1, -0.05) is 11.8 Å². The fraction of sp³-hybridized carbons (Fsp3) is 0.517.